The van der Waals surface area contributed by atoms with Gasteiger partial charge in [0.05, 0.1) is 11.9 Å². The summed E-state index contributed by atoms with van der Waals surface area (Å²) in [5.74, 6) is 0. The van der Waals surface area contributed by atoms with Gasteiger partial charge in [-0.1, -0.05) is 30.3 Å². The van der Waals surface area contributed by atoms with Gasteiger partial charge in [-0.25, -0.2) is 9.36 Å². The minimum absolute atomic E-state index is 0.883. The first-order chi connectivity index (χ1) is 12.7. The molecule has 0 N–H and O–H groups in total. The number of para-hydroxylation sites is 1. The van der Waals surface area contributed by atoms with E-state index in [1.54, 1.807) is 23.5 Å². The summed E-state index contributed by atoms with van der Waals surface area (Å²) in [6.45, 7) is 4.22. The van der Waals surface area contributed by atoms with Gasteiger partial charge in [-0.2, -0.15) is 10.2 Å². The fraction of sp³-hybridized carbons (Fsp3) is 0.100. The first-order valence-electron chi connectivity index (χ1n) is 8.32. The summed E-state index contributed by atoms with van der Waals surface area (Å²) >= 11 is 0. The second-order valence-corrected chi connectivity index (χ2v) is 6.10. The molecule has 4 aromatic rings. The molecule has 0 unspecified atom stereocenters. The molecule has 0 atom stereocenters. The number of rotatable bonds is 4. The molecule has 0 saturated heterocycles. The highest BCUT2D eigenvalue weighted by Gasteiger charge is 2.12. The molecule has 128 valence electrons. The topological polar surface area (TPSA) is 60.9 Å². The van der Waals surface area contributed by atoms with Gasteiger partial charge >= 0.3 is 0 Å². The van der Waals surface area contributed by atoms with E-state index in [2.05, 4.69) is 47.3 Å². The lowest BCUT2D eigenvalue weighted by Crippen LogP contribution is -1.94. The maximum absolute atomic E-state index is 4.81. The predicted octanol–water partition coefficient (Wildman–Crippen LogP) is 3.63. The molecule has 0 aliphatic carbocycles. The first-order valence-corrected chi connectivity index (χ1v) is 8.32. The van der Waals surface area contributed by atoms with E-state index in [9.17, 15) is 0 Å². The Kier molecular flexibility index (Phi) is 4.15. The fourth-order valence-electron chi connectivity index (χ4n) is 2.69. The second-order valence-electron chi connectivity index (χ2n) is 6.10. The zero-order chi connectivity index (χ0) is 17.9. The van der Waals surface area contributed by atoms with Crippen LogP contribution in [-0.2, 0) is 0 Å². The average Bonchev–Trinajstić information content (AvgIpc) is 3.32. The molecule has 0 fully saturated rings. The molecule has 26 heavy (non-hydrogen) atoms. The van der Waals surface area contributed by atoms with Crippen LogP contribution in [0.2, 0.25) is 0 Å². The molecule has 2 aromatic heterocycles. The molecule has 2 heterocycles. The molecule has 4 rings (SSSR count). The number of nitrogens with zero attached hydrogens (tertiary/aromatic N) is 6. The zero-order valence-electron chi connectivity index (χ0n) is 14.6. The zero-order valence-corrected chi connectivity index (χ0v) is 14.6. The summed E-state index contributed by atoms with van der Waals surface area (Å²) in [6.07, 6.45) is 6.86. The Morgan fingerprint density at radius 3 is 2.42 bits per heavy atom. The van der Waals surface area contributed by atoms with Gasteiger partial charge in [0.2, 0.25) is 0 Å². The van der Waals surface area contributed by atoms with E-state index in [0.29, 0.717) is 0 Å². The van der Waals surface area contributed by atoms with Crippen molar-refractivity contribution >= 4 is 6.21 Å². The smallest absolute Gasteiger partial charge is 0.141 e. The minimum atomic E-state index is 0.883. The van der Waals surface area contributed by atoms with E-state index in [1.807, 2.05) is 41.2 Å². The van der Waals surface area contributed by atoms with Crippen molar-refractivity contribution in [3.8, 4) is 16.9 Å². The van der Waals surface area contributed by atoms with E-state index >= 15 is 0 Å². The van der Waals surface area contributed by atoms with E-state index in [1.165, 1.54) is 11.1 Å². The molecule has 2 aromatic carbocycles. The Morgan fingerprint density at radius 2 is 1.69 bits per heavy atom. The van der Waals surface area contributed by atoms with Crippen LogP contribution in [0.3, 0.4) is 0 Å². The molecule has 0 aliphatic rings. The Morgan fingerprint density at radius 1 is 0.923 bits per heavy atom. The molecule has 6 heteroatoms. The largest absolute Gasteiger partial charge is 0.240 e. The van der Waals surface area contributed by atoms with Crippen molar-refractivity contribution in [1.29, 1.82) is 0 Å². The molecule has 6 nitrogen and oxygen atoms in total. The third kappa shape index (κ3) is 3.17. The van der Waals surface area contributed by atoms with Crippen LogP contribution in [0, 0.1) is 13.8 Å². The second kappa shape index (κ2) is 6.76. The van der Waals surface area contributed by atoms with Crippen molar-refractivity contribution in [3.05, 3.63) is 84.1 Å². The van der Waals surface area contributed by atoms with Crippen LogP contribution in [0.5, 0.6) is 0 Å². The number of aromatic nitrogens is 5. The van der Waals surface area contributed by atoms with Gasteiger partial charge in [0, 0.05) is 17.3 Å². The molecular formula is C20H18N6. The minimum Gasteiger partial charge on any atom is -0.240 e. The Balaban J connectivity index is 1.82. The quantitative estimate of drug-likeness (QED) is 0.532. The predicted molar refractivity (Wildman–Crippen MR) is 101 cm³/mol. The van der Waals surface area contributed by atoms with Gasteiger partial charge in [0.15, 0.2) is 0 Å². The van der Waals surface area contributed by atoms with Gasteiger partial charge in [0.25, 0.3) is 0 Å². The molecular weight excluding hydrogens is 324 g/mol. The first kappa shape index (κ1) is 16.0. The summed E-state index contributed by atoms with van der Waals surface area (Å²) in [5, 5.41) is 16.7. The molecule has 0 spiro atoms. The van der Waals surface area contributed by atoms with E-state index in [4.69, 9.17) is 5.10 Å². The Labute approximate surface area is 151 Å². The maximum Gasteiger partial charge on any atom is 0.141 e. The van der Waals surface area contributed by atoms with Gasteiger partial charge in [-0.3, -0.25) is 0 Å². The van der Waals surface area contributed by atoms with Crippen LogP contribution in [0.25, 0.3) is 16.9 Å². The highest BCUT2D eigenvalue weighted by Crippen LogP contribution is 2.25. The lowest BCUT2D eigenvalue weighted by Gasteiger charge is -2.04. The van der Waals surface area contributed by atoms with Crippen LogP contribution in [0.1, 0.15) is 16.7 Å². The molecule has 0 bridgehead atoms. The van der Waals surface area contributed by atoms with Crippen molar-refractivity contribution in [3.63, 3.8) is 0 Å². The van der Waals surface area contributed by atoms with Crippen molar-refractivity contribution < 1.29 is 0 Å². The molecule has 0 aliphatic heterocycles. The highest BCUT2D eigenvalue weighted by atomic mass is 15.4. The summed E-state index contributed by atoms with van der Waals surface area (Å²) < 4.78 is 3.43. The van der Waals surface area contributed by atoms with E-state index < -0.39 is 0 Å². The summed E-state index contributed by atoms with van der Waals surface area (Å²) in [5.41, 5.74) is 6.36. The van der Waals surface area contributed by atoms with Crippen molar-refractivity contribution in [2.45, 2.75) is 13.8 Å². The number of benzene rings is 2. The molecule has 0 amide bonds. The molecule has 0 radical (unpaired) electrons. The monoisotopic (exact) mass is 342 g/mol. The van der Waals surface area contributed by atoms with Gasteiger partial charge < -0.3 is 0 Å². The SMILES string of the molecule is Cc1ccc(-c2nn(-c3ccccc3)cc2/C=N\n2cnnc2)cc1C. The van der Waals surface area contributed by atoms with Crippen LogP contribution in [0.15, 0.2) is 72.5 Å². The van der Waals surface area contributed by atoms with Gasteiger partial charge in [-0.05, 0) is 43.2 Å². The van der Waals surface area contributed by atoms with Crippen molar-refractivity contribution in [2.75, 3.05) is 0 Å². The van der Waals surface area contributed by atoms with Crippen molar-refractivity contribution in [2.24, 2.45) is 5.10 Å². The van der Waals surface area contributed by atoms with Crippen LogP contribution < -0.4 is 0 Å². The Bertz CT molecular complexity index is 1050. The van der Waals surface area contributed by atoms with Crippen molar-refractivity contribution in [1.82, 2.24) is 24.7 Å². The fourth-order valence-corrected chi connectivity index (χ4v) is 2.69. The highest BCUT2D eigenvalue weighted by molar-refractivity contribution is 5.88. The van der Waals surface area contributed by atoms with Crippen LogP contribution >= 0.6 is 0 Å². The average molecular weight is 342 g/mol. The summed E-state index contributed by atoms with van der Waals surface area (Å²) in [6, 6.07) is 16.4. The summed E-state index contributed by atoms with van der Waals surface area (Å²) in [4.78, 5) is 0. The third-order valence-electron chi connectivity index (χ3n) is 4.28. The number of aryl methyl sites for hydroxylation is 2. The lowest BCUT2D eigenvalue weighted by atomic mass is 10.0. The van der Waals surface area contributed by atoms with Crippen LogP contribution in [-0.4, -0.2) is 30.9 Å². The standard InChI is InChI=1S/C20H18N6/c1-15-8-9-17(10-16(15)2)20-18(11-23-25-13-21-22-14-25)12-26(24-20)19-6-4-3-5-7-19/h3-14H,1-2H3/b23-11-. The number of hydrogen-bond donors (Lipinski definition) is 0. The van der Waals surface area contributed by atoms with E-state index in [0.717, 1.165) is 22.5 Å². The Hall–Kier alpha value is -3.54. The van der Waals surface area contributed by atoms with Crippen LogP contribution in [0.4, 0.5) is 0 Å². The molecule has 0 saturated carbocycles. The number of hydrogen-bond acceptors (Lipinski definition) is 4. The third-order valence-corrected chi connectivity index (χ3v) is 4.28. The normalized spacial score (nSPS) is 11.3. The maximum atomic E-state index is 4.81. The lowest BCUT2D eigenvalue weighted by molar-refractivity contribution is 0.877. The van der Waals surface area contributed by atoms with E-state index in [-0.39, 0.29) is 0 Å². The van der Waals surface area contributed by atoms with Gasteiger partial charge in [-0.15, -0.1) is 10.2 Å². The summed E-state index contributed by atoms with van der Waals surface area (Å²) in [7, 11) is 0. The van der Waals surface area contributed by atoms with Gasteiger partial charge in [0.1, 0.15) is 18.3 Å².